The molecule has 1 saturated carbocycles. The van der Waals surface area contributed by atoms with E-state index in [-0.39, 0.29) is 0 Å². The Hall–Kier alpha value is 0.270. The third-order valence-electron chi connectivity index (χ3n) is 4.80. The maximum Gasteiger partial charge on any atom is 0.0147 e. The van der Waals surface area contributed by atoms with E-state index in [1.807, 2.05) is 0 Å². The largest absolute Gasteiger partial charge is 0.316 e. The minimum Gasteiger partial charge on any atom is -0.316 e. The van der Waals surface area contributed by atoms with Gasteiger partial charge in [-0.1, -0.05) is 39.5 Å². The fourth-order valence-corrected chi connectivity index (χ4v) is 4.85. The summed E-state index contributed by atoms with van der Waals surface area (Å²) >= 11 is 2.15. The van der Waals surface area contributed by atoms with Gasteiger partial charge in [0.15, 0.2) is 0 Å². The monoisotopic (exact) mass is 284 g/mol. The van der Waals surface area contributed by atoms with Crippen molar-refractivity contribution in [1.29, 1.82) is 0 Å². The molecule has 1 N–H and O–H groups in total. The second-order valence-corrected chi connectivity index (χ2v) is 8.16. The number of nitrogens with zero attached hydrogens (tertiary/aromatic N) is 1. The fraction of sp³-hybridized carbons (Fsp3) is 1.00. The molecule has 0 radical (unpaired) electrons. The lowest BCUT2D eigenvalue weighted by Gasteiger charge is -2.41. The predicted octanol–water partition coefficient (Wildman–Crippen LogP) is 3.37. The summed E-state index contributed by atoms with van der Waals surface area (Å²) in [7, 11) is 0. The molecule has 3 heteroatoms. The first-order chi connectivity index (χ1) is 9.24. The molecule has 1 aliphatic carbocycles. The first-order valence-corrected chi connectivity index (χ1v) is 9.34. The van der Waals surface area contributed by atoms with Crippen LogP contribution in [-0.2, 0) is 0 Å². The number of rotatable bonds is 5. The molecule has 1 aliphatic heterocycles. The first kappa shape index (κ1) is 15.7. The topological polar surface area (TPSA) is 15.3 Å². The van der Waals surface area contributed by atoms with Crippen LogP contribution in [0.3, 0.4) is 0 Å². The highest BCUT2D eigenvalue weighted by molar-refractivity contribution is 7.99. The first-order valence-electron chi connectivity index (χ1n) is 8.29. The van der Waals surface area contributed by atoms with Gasteiger partial charge in [-0.15, -0.1) is 0 Å². The van der Waals surface area contributed by atoms with E-state index >= 15 is 0 Å². The van der Waals surface area contributed by atoms with Crippen LogP contribution in [0.4, 0.5) is 0 Å². The van der Waals surface area contributed by atoms with Gasteiger partial charge in [-0.2, -0.15) is 11.8 Å². The van der Waals surface area contributed by atoms with Gasteiger partial charge >= 0.3 is 0 Å². The molecule has 112 valence electrons. The van der Waals surface area contributed by atoms with Gasteiger partial charge in [0.05, 0.1) is 0 Å². The van der Waals surface area contributed by atoms with Gasteiger partial charge in [-0.3, -0.25) is 0 Å². The summed E-state index contributed by atoms with van der Waals surface area (Å²) in [6.07, 6.45) is 8.70. The average Bonchev–Trinajstić information content (AvgIpc) is 2.63. The highest BCUT2D eigenvalue weighted by Gasteiger charge is 2.33. The lowest BCUT2D eigenvalue weighted by atomic mass is 9.79. The van der Waals surface area contributed by atoms with Crippen molar-refractivity contribution in [3.05, 3.63) is 0 Å². The molecule has 2 rings (SSSR count). The minimum atomic E-state index is 0.564. The van der Waals surface area contributed by atoms with E-state index in [1.165, 1.54) is 70.5 Å². The number of hydrogen-bond acceptors (Lipinski definition) is 3. The van der Waals surface area contributed by atoms with E-state index < -0.39 is 0 Å². The molecular weight excluding hydrogens is 252 g/mol. The van der Waals surface area contributed by atoms with Gasteiger partial charge in [0.25, 0.3) is 0 Å². The highest BCUT2D eigenvalue weighted by atomic mass is 32.2. The van der Waals surface area contributed by atoms with Crippen LogP contribution in [0.5, 0.6) is 0 Å². The van der Waals surface area contributed by atoms with Gasteiger partial charge in [0.1, 0.15) is 0 Å². The van der Waals surface area contributed by atoms with Crippen LogP contribution in [0.15, 0.2) is 0 Å². The summed E-state index contributed by atoms with van der Waals surface area (Å²) in [5.41, 5.74) is 0.564. The minimum absolute atomic E-state index is 0.564. The second kappa shape index (κ2) is 7.90. The van der Waals surface area contributed by atoms with Crippen molar-refractivity contribution in [3.63, 3.8) is 0 Å². The molecule has 1 atom stereocenters. The van der Waals surface area contributed by atoms with Crippen LogP contribution in [0, 0.1) is 5.41 Å². The number of hydrogen-bond donors (Lipinski definition) is 1. The number of nitrogens with one attached hydrogen (secondary N) is 1. The maximum atomic E-state index is 3.66. The summed E-state index contributed by atoms with van der Waals surface area (Å²) in [6.45, 7) is 10.9. The SMILES string of the molecule is CCNCC1(CN2CCSC(C)C2)CCCCCC1. The molecule has 0 aromatic rings. The smallest absolute Gasteiger partial charge is 0.0147 e. The van der Waals surface area contributed by atoms with Crippen LogP contribution < -0.4 is 5.32 Å². The summed E-state index contributed by atoms with van der Waals surface area (Å²) < 4.78 is 0. The summed E-state index contributed by atoms with van der Waals surface area (Å²) in [4.78, 5) is 2.75. The van der Waals surface area contributed by atoms with E-state index in [4.69, 9.17) is 0 Å². The second-order valence-electron chi connectivity index (χ2n) is 6.61. The van der Waals surface area contributed by atoms with Gasteiger partial charge in [-0.05, 0) is 24.8 Å². The third-order valence-corrected chi connectivity index (χ3v) is 5.93. The zero-order valence-electron chi connectivity index (χ0n) is 12.9. The van der Waals surface area contributed by atoms with Crippen molar-refractivity contribution < 1.29 is 0 Å². The molecule has 1 unspecified atom stereocenters. The molecule has 19 heavy (non-hydrogen) atoms. The highest BCUT2D eigenvalue weighted by Crippen LogP contribution is 2.36. The molecule has 0 spiro atoms. The van der Waals surface area contributed by atoms with Crippen molar-refractivity contribution in [3.8, 4) is 0 Å². The predicted molar refractivity (Wildman–Crippen MR) is 87.0 cm³/mol. The summed E-state index contributed by atoms with van der Waals surface area (Å²) in [5, 5.41) is 4.48. The average molecular weight is 285 g/mol. The quantitative estimate of drug-likeness (QED) is 0.779. The van der Waals surface area contributed by atoms with E-state index in [0.717, 1.165) is 11.8 Å². The Labute approximate surface area is 124 Å². The van der Waals surface area contributed by atoms with Gasteiger partial charge in [0.2, 0.25) is 0 Å². The van der Waals surface area contributed by atoms with Crippen LogP contribution in [0.25, 0.3) is 0 Å². The third kappa shape index (κ3) is 4.95. The van der Waals surface area contributed by atoms with Crippen LogP contribution in [0.2, 0.25) is 0 Å². The Morgan fingerprint density at radius 3 is 2.58 bits per heavy atom. The van der Waals surface area contributed by atoms with Crippen LogP contribution in [0.1, 0.15) is 52.4 Å². The van der Waals surface area contributed by atoms with E-state index in [2.05, 4.69) is 35.8 Å². The zero-order chi connectivity index (χ0) is 13.6. The van der Waals surface area contributed by atoms with Crippen LogP contribution >= 0.6 is 11.8 Å². The van der Waals surface area contributed by atoms with E-state index in [9.17, 15) is 0 Å². The summed E-state index contributed by atoms with van der Waals surface area (Å²) in [6, 6.07) is 0. The van der Waals surface area contributed by atoms with Gasteiger partial charge in [-0.25, -0.2) is 0 Å². The lowest BCUT2D eigenvalue weighted by Crippen LogP contribution is -2.47. The molecule has 2 aliphatic rings. The molecule has 1 heterocycles. The van der Waals surface area contributed by atoms with Gasteiger partial charge in [0, 0.05) is 37.2 Å². The Bertz CT molecular complexity index is 249. The normalized spacial score (nSPS) is 29.1. The molecule has 2 nitrogen and oxygen atoms in total. The summed E-state index contributed by atoms with van der Waals surface area (Å²) in [5.74, 6) is 1.33. The van der Waals surface area contributed by atoms with E-state index in [0.29, 0.717) is 5.41 Å². The fourth-order valence-electron chi connectivity index (χ4n) is 3.77. The molecule has 0 amide bonds. The van der Waals surface area contributed by atoms with Crippen molar-refractivity contribution in [1.82, 2.24) is 10.2 Å². The standard InChI is InChI=1S/C16H32N2S/c1-3-17-13-16(8-6-4-5-7-9-16)14-18-10-11-19-15(2)12-18/h15,17H,3-14H2,1-2H3. The Morgan fingerprint density at radius 2 is 1.95 bits per heavy atom. The van der Waals surface area contributed by atoms with Crippen molar-refractivity contribution in [2.24, 2.45) is 5.41 Å². The Kier molecular flexibility index (Phi) is 6.51. The Balaban J connectivity index is 1.95. The molecule has 0 aromatic carbocycles. The molecule has 1 saturated heterocycles. The molecule has 0 aromatic heterocycles. The molecular formula is C16H32N2S. The van der Waals surface area contributed by atoms with Gasteiger partial charge < -0.3 is 10.2 Å². The molecule has 2 fully saturated rings. The van der Waals surface area contributed by atoms with Crippen molar-refractivity contribution >= 4 is 11.8 Å². The van der Waals surface area contributed by atoms with E-state index in [1.54, 1.807) is 0 Å². The Morgan fingerprint density at radius 1 is 1.21 bits per heavy atom. The maximum absolute atomic E-state index is 3.66. The number of thioether (sulfide) groups is 1. The molecule has 0 bridgehead atoms. The van der Waals surface area contributed by atoms with Crippen LogP contribution in [-0.4, -0.2) is 48.6 Å². The van der Waals surface area contributed by atoms with Crippen molar-refractivity contribution in [2.45, 2.75) is 57.6 Å². The zero-order valence-corrected chi connectivity index (χ0v) is 13.7. The van der Waals surface area contributed by atoms with Crippen molar-refractivity contribution in [2.75, 3.05) is 38.5 Å². The lowest BCUT2D eigenvalue weighted by molar-refractivity contribution is 0.130.